The molecule has 1 heterocycles. The predicted octanol–water partition coefficient (Wildman–Crippen LogP) is 3.31. The van der Waals surface area contributed by atoms with Crippen LogP contribution in [-0.4, -0.2) is 66.8 Å². The van der Waals surface area contributed by atoms with Crippen molar-refractivity contribution in [3.05, 3.63) is 95.6 Å². The molecule has 10 heteroatoms. The van der Waals surface area contributed by atoms with Gasteiger partial charge in [-0.3, -0.25) is 14.4 Å². The maximum absolute atomic E-state index is 14.5. The molecule has 1 aliphatic heterocycles. The lowest BCUT2D eigenvalue weighted by Crippen LogP contribution is -2.60. The highest BCUT2D eigenvalue weighted by molar-refractivity contribution is 6.02. The fourth-order valence-electron chi connectivity index (χ4n) is 4.81. The van der Waals surface area contributed by atoms with Crippen LogP contribution in [0.4, 0.5) is 14.5 Å². The third kappa shape index (κ3) is 6.28. The molecule has 3 atom stereocenters. The molecule has 3 aromatic carbocycles. The van der Waals surface area contributed by atoms with Gasteiger partial charge in [0.25, 0.3) is 5.91 Å². The number of likely N-dealkylation sites (N-methyl/N-ethyl adjacent to an activating group) is 1. The van der Waals surface area contributed by atoms with E-state index in [2.05, 4.69) is 0 Å². The Kier molecular flexibility index (Phi) is 8.79. The van der Waals surface area contributed by atoms with E-state index in [4.69, 9.17) is 10.5 Å². The number of benzene rings is 3. The van der Waals surface area contributed by atoms with Gasteiger partial charge in [0, 0.05) is 19.2 Å². The van der Waals surface area contributed by atoms with Gasteiger partial charge in [-0.25, -0.2) is 8.78 Å². The van der Waals surface area contributed by atoms with Crippen LogP contribution in [0.3, 0.4) is 0 Å². The Labute approximate surface area is 231 Å². The number of anilines is 1. The van der Waals surface area contributed by atoms with Crippen molar-refractivity contribution in [1.29, 1.82) is 0 Å². The van der Waals surface area contributed by atoms with Crippen LogP contribution in [0.25, 0.3) is 0 Å². The molecule has 0 saturated heterocycles. The molecule has 210 valence electrons. The maximum Gasteiger partial charge on any atom is 0.254 e. The van der Waals surface area contributed by atoms with Crippen LogP contribution < -0.4 is 15.4 Å². The molecule has 0 bridgehead atoms. The highest BCUT2D eigenvalue weighted by atomic mass is 19.1. The fraction of sp³-hybridized carbons (Fsp3) is 0.300. The van der Waals surface area contributed by atoms with Crippen LogP contribution in [0, 0.1) is 11.6 Å². The van der Waals surface area contributed by atoms with Gasteiger partial charge < -0.3 is 25.2 Å². The third-order valence-electron chi connectivity index (χ3n) is 6.81. The van der Waals surface area contributed by atoms with E-state index in [1.165, 1.54) is 6.92 Å². The summed E-state index contributed by atoms with van der Waals surface area (Å²) in [6.07, 6.45) is -1.49. The molecule has 0 aromatic heterocycles. The van der Waals surface area contributed by atoms with Gasteiger partial charge in [-0.15, -0.1) is 0 Å². The lowest BCUT2D eigenvalue weighted by atomic mass is 9.96. The summed E-state index contributed by atoms with van der Waals surface area (Å²) in [4.78, 5) is 45.5. The number of ether oxygens (including phenoxy) is 1. The molecule has 0 fully saturated rings. The lowest BCUT2D eigenvalue weighted by Gasteiger charge is -2.39. The van der Waals surface area contributed by atoms with Crippen molar-refractivity contribution in [2.75, 3.05) is 32.1 Å². The van der Waals surface area contributed by atoms with E-state index in [-0.39, 0.29) is 12.1 Å². The molecule has 0 radical (unpaired) electrons. The minimum Gasteiger partial charge on any atom is -0.481 e. The topological polar surface area (TPSA) is 96.2 Å². The number of primary amides is 1. The predicted molar refractivity (Wildman–Crippen MR) is 147 cm³/mol. The van der Waals surface area contributed by atoms with Crippen LogP contribution in [0.5, 0.6) is 5.75 Å². The van der Waals surface area contributed by atoms with Crippen LogP contribution >= 0.6 is 0 Å². The minimum absolute atomic E-state index is 0.0511. The summed E-state index contributed by atoms with van der Waals surface area (Å²) >= 11 is 0. The fourth-order valence-corrected chi connectivity index (χ4v) is 4.81. The number of nitrogens with zero attached hydrogens (tertiary/aromatic N) is 3. The van der Waals surface area contributed by atoms with Gasteiger partial charge in [0.15, 0.2) is 12.1 Å². The van der Waals surface area contributed by atoms with Crippen LogP contribution in [0.2, 0.25) is 0 Å². The van der Waals surface area contributed by atoms with Crippen molar-refractivity contribution in [2.45, 2.75) is 31.5 Å². The Bertz CT molecular complexity index is 1360. The molecule has 0 saturated carbocycles. The molecule has 1 aliphatic rings. The molecule has 0 spiro atoms. The van der Waals surface area contributed by atoms with Crippen LogP contribution in [0.15, 0.2) is 72.8 Å². The average molecular weight is 551 g/mol. The first-order valence-corrected chi connectivity index (χ1v) is 12.9. The van der Waals surface area contributed by atoms with E-state index < -0.39 is 54.0 Å². The third-order valence-corrected chi connectivity index (χ3v) is 6.81. The Balaban J connectivity index is 1.87. The Hall–Kier alpha value is -4.31. The second kappa shape index (κ2) is 12.3. The number of hydrogen-bond donors (Lipinski definition) is 1. The molecule has 3 amide bonds. The van der Waals surface area contributed by atoms with Gasteiger partial charge in [0.2, 0.25) is 11.8 Å². The Morgan fingerprint density at radius 2 is 1.62 bits per heavy atom. The van der Waals surface area contributed by atoms with E-state index in [0.29, 0.717) is 29.6 Å². The lowest BCUT2D eigenvalue weighted by molar-refractivity contribution is -0.148. The summed E-state index contributed by atoms with van der Waals surface area (Å²) in [6, 6.07) is 16.2. The second-order valence-electron chi connectivity index (χ2n) is 9.99. The van der Waals surface area contributed by atoms with E-state index in [0.717, 1.165) is 17.0 Å². The number of halogens is 2. The molecular weight excluding hydrogens is 518 g/mol. The molecule has 4 rings (SSSR count). The summed E-state index contributed by atoms with van der Waals surface area (Å²) < 4.78 is 34.4. The maximum atomic E-state index is 14.5. The summed E-state index contributed by atoms with van der Waals surface area (Å²) in [5.41, 5.74) is 6.85. The first-order valence-electron chi connectivity index (χ1n) is 12.9. The smallest absolute Gasteiger partial charge is 0.254 e. The van der Waals surface area contributed by atoms with E-state index in [9.17, 15) is 23.2 Å². The average Bonchev–Trinajstić information content (AvgIpc) is 3.02. The van der Waals surface area contributed by atoms with Gasteiger partial charge in [0.05, 0.1) is 12.1 Å². The number of para-hydroxylation sites is 2. The monoisotopic (exact) mass is 550 g/mol. The standard InChI is InChI=1S/C30H32F2N4O4/c1-19(29(33)38)36(26(37)17-20-15-22(31)18-23(32)16-20)27-28(21-9-5-4-6-10-21)40-25-12-8-7-11-24(25)35(30(27)39)14-13-34(2)3/h4-12,15-16,18-19,27-28H,13-14,17H2,1-3H3,(H2,33,38)/t19-,27+,28?/m1/s1. The normalized spacial score (nSPS) is 17.6. The quantitative estimate of drug-likeness (QED) is 0.441. The molecule has 8 nitrogen and oxygen atoms in total. The number of rotatable bonds is 9. The summed E-state index contributed by atoms with van der Waals surface area (Å²) in [5.74, 6) is -3.31. The van der Waals surface area contributed by atoms with Crippen molar-refractivity contribution in [2.24, 2.45) is 5.73 Å². The van der Waals surface area contributed by atoms with E-state index in [1.807, 2.05) is 25.1 Å². The van der Waals surface area contributed by atoms with Crippen molar-refractivity contribution in [3.63, 3.8) is 0 Å². The highest BCUT2D eigenvalue weighted by Crippen LogP contribution is 2.40. The van der Waals surface area contributed by atoms with Gasteiger partial charge in [-0.05, 0) is 56.4 Å². The van der Waals surface area contributed by atoms with Gasteiger partial charge in [-0.1, -0.05) is 42.5 Å². The second-order valence-corrected chi connectivity index (χ2v) is 9.99. The molecular formula is C30H32F2N4O4. The van der Waals surface area contributed by atoms with Gasteiger partial charge in [-0.2, -0.15) is 0 Å². The Morgan fingerprint density at radius 1 is 1.00 bits per heavy atom. The largest absolute Gasteiger partial charge is 0.481 e. The number of carbonyl (C=O) groups excluding carboxylic acids is 3. The first-order chi connectivity index (χ1) is 19.1. The van der Waals surface area contributed by atoms with Crippen molar-refractivity contribution >= 4 is 23.4 Å². The number of nitrogens with two attached hydrogens (primary N) is 1. The first kappa shape index (κ1) is 28.7. The highest BCUT2D eigenvalue weighted by Gasteiger charge is 2.47. The molecule has 3 aromatic rings. The summed E-state index contributed by atoms with van der Waals surface area (Å²) in [7, 11) is 3.75. The minimum atomic E-state index is -1.33. The number of amides is 3. The molecule has 2 N–H and O–H groups in total. The zero-order valence-corrected chi connectivity index (χ0v) is 22.6. The number of fused-ring (bicyclic) bond motifs is 1. The van der Waals surface area contributed by atoms with Crippen molar-refractivity contribution < 1.29 is 27.9 Å². The summed E-state index contributed by atoms with van der Waals surface area (Å²) in [5, 5.41) is 0. The van der Waals surface area contributed by atoms with E-state index in [1.54, 1.807) is 53.4 Å². The van der Waals surface area contributed by atoms with Crippen LogP contribution in [0.1, 0.15) is 24.2 Å². The number of hydrogen-bond acceptors (Lipinski definition) is 5. The molecule has 40 heavy (non-hydrogen) atoms. The SMILES string of the molecule is C[C@H](C(N)=O)N(C(=O)Cc1cc(F)cc(F)c1)[C@@H]1C(=O)N(CCN(C)C)c2ccccc2OC1c1ccccc1. The van der Waals surface area contributed by atoms with Gasteiger partial charge in [0.1, 0.15) is 23.4 Å². The van der Waals surface area contributed by atoms with E-state index >= 15 is 0 Å². The summed E-state index contributed by atoms with van der Waals surface area (Å²) in [6.45, 7) is 2.20. The molecule has 0 aliphatic carbocycles. The zero-order chi connectivity index (χ0) is 29.0. The molecule has 1 unspecified atom stereocenters. The number of carbonyl (C=O) groups is 3. The van der Waals surface area contributed by atoms with Crippen molar-refractivity contribution in [1.82, 2.24) is 9.80 Å². The van der Waals surface area contributed by atoms with Crippen LogP contribution in [-0.2, 0) is 20.8 Å². The van der Waals surface area contributed by atoms with Crippen molar-refractivity contribution in [3.8, 4) is 5.75 Å². The Morgan fingerprint density at radius 3 is 2.25 bits per heavy atom. The zero-order valence-electron chi connectivity index (χ0n) is 22.6. The van der Waals surface area contributed by atoms with Gasteiger partial charge >= 0.3 is 0 Å².